The fraction of sp³-hybridized carbons (Fsp3) is 0.0500. The largest absolute Gasteiger partial charge is 0.462 e. The van der Waals surface area contributed by atoms with Crippen LogP contribution in [0.1, 0.15) is 17.3 Å². The molecule has 0 aliphatic heterocycles. The van der Waals surface area contributed by atoms with Crippen LogP contribution in [0.2, 0.25) is 0 Å². The summed E-state index contributed by atoms with van der Waals surface area (Å²) in [6.45, 7) is 2.04. The highest BCUT2D eigenvalue weighted by atomic mass is 16.5. The number of esters is 1. The summed E-state index contributed by atoms with van der Waals surface area (Å²) in [5, 5.41) is 8.79. The van der Waals surface area contributed by atoms with E-state index >= 15 is 0 Å². The summed E-state index contributed by atoms with van der Waals surface area (Å²) in [7, 11) is 0. The van der Waals surface area contributed by atoms with Crippen molar-refractivity contribution in [1.82, 2.24) is 0 Å². The fourth-order valence-corrected chi connectivity index (χ4v) is 6.80. The van der Waals surface area contributed by atoms with E-state index in [1.54, 1.807) is 0 Å². The Kier molecular flexibility index (Phi) is 5.73. The molecule has 0 spiro atoms. The van der Waals surface area contributed by atoms with Gasteiger partial charge in [0.2, 0.25) is 0 Å². The third kappa shape index (κ3) is 3.75. The molecular weight excluding hydrogens is 528 g/mol. The Labute approximate surface area is 247 Å². The molecule has 8 aromatic carbocycles. The van der Waals surface area contributed by atoms with E-state index in [-0.39, 0.29) is 12.0 Å². The van der Waals surface area contributed by atoms with Crippen molar-refractivity contribution in [2.24, 2.45) is 0 Å². The van der Waals surface area contributed by atoms with Crippen LogP contribution in [0.25, 0.3) is 76.1 Å². The van der Waals surface area contributed by atoms with Crippen molar-refractivity contribution in [3.8, 4) is 22.3 Å². The van der Waals surface area contributed by atoms with E-state index in [1.165, 1.54) is 0 Å². The predicted molar refractivity (Wildman–Crippen MR) is 178 cm³/mol. The van der Waals surface area contributed by atoms with Gasteiger partial charge in [-0.25, -0.2) is 4.79 Å². The molecule has 8 rings (SSSR count). The molecular formula is C40H26O3. The van der Waals surface area contributed by atoms with Crippen LogP contribution in [0.5, 0.6) is 0 Å². The summed E-state index contributed by atoms with van der Waals surface area (Å²) in [6.07, 6.45) is 0. The highest BCUT2D eigenvalue weighted by Gasteiger charge is 2.28. The quantitative estimate of drug-likeness (QED) is 0.203. The average Bonchev–Trinajstić information content (AvgIpc) is 3.26. The van der Waals surface area contributed by atoms with Gasteiger partial charge < -0.3 is 4.74 Å². The molecule has 0 unspecified atom stereocenters. The van der Waals surface area contributed by atoms with E-state index in [1.807, 2.05) is 73.7 Å². The summed E-state index contributed by atoms with van der Waals surface area (Å²) < 4.78 is 5.74. The first-order chi connectivity index (χ1) is 21.2. The van der Waals surface area contributed by atoms with Gasteiger partial charge in [0.25, 0.3) is 0 Å². The van der Waals surface area contributed by atoms with Gasteiger partial charge in [0, 0.05) is 21.7 Å². The molecule has 0 aromatic heterocycles. The zero-order valence-electron chi connectivity index (χ0n) is 23.6. The van der Waals surface area contributed by atoms with Crippen molar-refractivity contribution in [3.05, 3.63) is 143 Å². The second kappa shape index (κ2) is 9.78. The third-order valence-corrected chi connectivity index (χ3v) is 8.62. The molecule has 43 heavy (non-hydrogen) atoms. The Morgan fingerprint density at radius 3 is 1.84 bits per heavy atom. The maximum atomic E-state index is 14.5. The Bertz CT molecular complexity index is 2450. The average molecular weight is 555 g/mol. The molecule has 3 nitrogen and oxygen atoms in total. The molecule has 0 saturated carbocycles. The molecule has 0 saturated heterocycles. The smallest absolute Gasteiger partial charge is 0.339 e. The molecule has 8 aromatic rings. The Hall–Kier alpha value is -5.54. The minimum absolute atomic E-state index is 0.0792. The highest BCUT2D eigenvalue weighted by molar-refractivity contribution is 6.33. The van der Waals surface area contributed by atoms with Crippen molar-refractivity contribution in [3.63, 3.8) is 0 Å². The van der Waals surface area contributed by atoms with E-state index in [0.717, 1.165) is 59.8 Å². The molecule has 0 amide bonds. The Balaban J connectivity index is 1.64. The monoisotopic (exact) mass is 554 g/mol. The van der Waals surface area contributed by atoms with Crippen molar-refractivity contribution >= 4 is 59.8 Å². The number of carbonyl (C=O) groups is 1. The molecule has 3 heteroatoms. The van der Waals surface area contributed by atoms with Crippen molar-refractivity contribution in [2.75, 3.05) is 6.61 Å². The molecule has 0 atom stereocenters. The molecule has 0 bridgehead atoms. The van der Waals surface area contributed by atoms with E-state index in [4.69, 9.17) is 4.74 Å². The first-order valence-electron chi connectivity index (χ1n) is 14.6. The normalized spacial score (nSPS) is 11.7. The molecule has 0 fully saturated rings. The number of fused-ring (bicyclic) bond motifs is 4. The predicted octanol–water partition coefficient (Wildman–Crippen LogP) is 9.76. The van der Waals surface area contributed by atoms with Crippen LogP contribution in [0.4, 0.5) is 0 Å². The molecule has 0 aliphatic rings. The topological polar surface area (TPSA) is 43.4 Å². The summed E-state index contributed by atoms with van der Waals surface area (Å²) in [4.78, 5) is 28.6. The van der Waals surface area contributed by atoms with Crippen LogP contribution in [-0.2, 0) is 4.74 Å². The number of carbonyl (C=O) groups excluding carboxylic acids is 1. The Morgan fingerprint density at radius 1 is 0.558 bits per heavy atom. The van der Waals surface area contributed by atoms with Crippen LogP contribution in [0.3, 0.4) is 0 Å². The molecule has 0 radical (unpaired) electrons. The van der Waals surface area contributed by atoms with Crippen molar-refractivity contribution < 1.29 is 9.53 Å². The van der Waals surface area contributed by atoms with Gasteiger partial charge in [-0.05, 0) is 67.4 Å². The first-order valence-corrected chi connectivity index (χ1v) is 14.6. The van der Waals surface area contributed by atoms with Gasteiger partial charge in [-0.1, -0.05) is 121 Å². The summed E-state index contributed by atoms with van der Waals surface area (Å²) in [5.41, 5.74) is 3.87. The number of hydrogen-bond donors (Lipinski definition) is 0. The second-order valence-electron chi connectivity index (χ2n) is 10.9. The fourth-order valence-electron chi connectivity index (χ4n) is 6.80. The number of hydrogen-bond acceptors (Lipinski definition) is 3. The van der Waals surface area contributed by atoms with Gasteiger partial charge in [0.1, 0.15) is 0 Å². The second-order valence-corrected chi connectivity index (χ2v) is 10.9. The van der Waals surface area contributed by atoms with Gasteiger partial charge in [-0.3, -0.25) is 4.79 Å². The van der Waals surface area contributed by atoms with E-state index in [0.29, 0.717) is 21.9 Å². The van der Waals surface area contributed by atoms with E-state index < -0.39 is 5.97 Å². The lowest BCUT2D eigenvalue weighted by atomic mass is 9.93. The summed E-state index contributed by atoms with van der Waals surface area (Å²) in [5.74, 6) is -0.429. The lowest BCUT2D eigenvalue weighted by Gasteiger charge is -2.10. The maximum Gasteiger partial charge on any atom is 0.339 e. The van der Waals surface area contributed by atoms with Crippen LogP contribution in [-0.4, -0.2) is 12.6 Å². The lowest BCUT2D eigenvalue weighted by molar-refractivity contribution is 0.0530. The zero-order valence-corrected chi connectivity index (χ0v) is 23.6. The number of rotatable bonds is 4. The minimum Gasteiger partial charge on any atom is -0.462 e. The van der Waals surface area contributed by atoms with Crippen LogP contribution >= 0.6 is 0 Å². The standard InChI is InChI=1S/C40H26O3/c1-2-43-40(42)37-34-23-26(29-19-9-13-24-11-3-5-15-27(24)29)21-22-32-30-17-7-8-18-33(30)39(41)38(35(32)34)36(37)31-20-10-14-25-12-4-6-16-28(25)31/h3-23H,2H2,1H3. The molecule has 0 N–H and O–H groups in total. The van der Waals surface area contributed by atoms with E-state index in [9.17, 15) is 9.59 Å². The van der Waals surface area contributed by atoms with Crippen molar-refractivity contribution in [2.45, 2.75) is 6.92 Å². The van der Waals surface area contributed by atoms with Gasteiger partial charge >= 0.3 is 5.97 Å². The molecule has 0 heterocycles. The van der Waals surface area contributed by atoms with Crippen LogP contribution < -0.4 is 5.43 Å². The number of ether oxygens (including phenoxy) is 1. The zero-order chi connectivity index (χ0) is 29.1. The van der Waals surface area contributed by atoms with Crippen molar-refractivity contribution in [1.29, 1.82) is 0 Å². The third-order valence-electron chi connectivity index (χ3n) is 8.62. The minimum atomic E-state index is -0.429. The number of benzene rings is 6. The lowest BCUT2D eigenvalue weighted by Crippen LogP contribution is -2.07. The first kappa shape index (κ1) is 25.2. The van der Waals surface area contributed by atoms with Gasteiger partial charge in [-0.2, -0.15) is 0 Å². The Morgan fingerprint density at radius 2 is 1.14 bits per heavy atom. The van der Waals surface area contributed by atoms with Gasteiger partial charge in [-0.15, -0.1) is 0 Å². The SMILES string of the molecule is CCOC(=O)c1c(-c2cccc3ccccc23)c2c(=O)c3ccccc3c3ccc(-c4cccc5ccccc45)cc1c23. The maximum absolute atomic E-state index is 14.5. The summed E-state index contributed by atoms with van der Waals surface area (Å²) in [6, 6.07) is 42.8. The molecule has 204 valence electrons. The summed E-state index contributed by atoms with van der Waals surface area (Å²) >= 11 is 0. The molecule has 0 aliphatic carbocycles. The van der Waals surface area contributed by atoms with Gasteiger partial charge in [0.15, 0.2) is 5.43 Å². The van der Waals surface area contributed by atoms with Crippen LogP contribution in [0, 0.1) is 0 Å². The van der Waals surface area contributed by atoms with E-state index in [2.05, 4.69) is 60.7 Å². The van der Waals surface area contributed by atoms with Crippen LogP contribution in [0.15, 0.2) is 132 Å². The van der Waals surface area contributed by atoms with Gasteiger partial charge in [0.05, 0.1) is 12.2 Å². The highest BCUT2D eigenvalue weighted by Crippen LogP contribution is 2.45.